The Labute approximate surface area is 117 Å². The van der Waals surface area contributed by atoms with Gasteiger partial charge in [0.15, 0.2) is 0 Å². The number of para-hydroxylation sites is 1. The fourth-order valence-electron chi connectivity index (χ4n) is 2.65. The fourth-order valence-corrected chi connectivity index (χ4v) is 2.65. The molecule has 0 N–H and O–H groups in total. The molecule has 1 fully saturated rings. The van der Waals surface area contributed by atoms with Crippen molar-refractivity contribution in [1.82, 2.24) is 4.98 Å². The predicted octanol–water partition coefficient (Wildman–Crippen LogP) is 4.92. The van der Waals surface area contributed by atoms with Gasteiger partial charge in [0, 0.05) is 17.0 Å². The molecule has 1 aromatic heterocycles. The Morgan fingerprint density at radius 3 is 2.45 bits per heavy atom. The molecule has 0 atom stereocenters. The summed E-state index contributed by atoms with van der Waals surface area (Å²) in [4.78, 5) is 4.77. The van der Waals surface area contributed by atoms with Crippen molar-refractivity contribution in [2.75, 3.05) is 0 Å². The van der Waals surface area contributed by atoms with Gasteiger partial charge in [-0.3, -0.25) is 4.98 Å². The largest absolute Gasteiger partial charge is 0.253 e. The molecule has 1 nitrogen and oxygen atoms in total. The molecule has 98 valence electrons. The van der Waals surface area contributed by atoms with Crippen LogP contribution in [0.2, 0.25) is 0 Å². The highest BCUT2D eigenvalue weighted by Gasteiger charge is 2.26. The van der Waals surface area contributed by atoms with Crippen molar-refractivity contribution in [3.8, 4) is 11.1 Å². The smallest absolute Gasteiger partial charge is 0.123 e. The van der Waals surface area contributed by atoms with Gasteiger partial charge in [0.05, 0.1) is 5.52 Å². The molecule has 1 saturated carbocycles. The van der Waals surface area contributed by atoms with Crippen LogP contribution in [0.1, 0.15) is 24.5 Å². The van der Waals surface area contributed by atoms with Gasteiger partial charge in [-0.1, -0.05) is 30.3 Å². The molecule has 1 aliphatic carbocycles. The zero-order valence-corrected chi connectivity index (χ0v) is 11.0. The van der Waals surface area contributed by atoms with Crippen molar-refractivity contribution in [3.05, 3.63) is 66.1 Å². The van der Waals surface area contributed by atoms with Crippen LogP contribution in [0, 0.1) is 5.82 Å². The second-order valence-electron chi connectivity index (χ2n) is 5.39. The molecular formula is C18H14FN. The first-order chi connectivity index (χ1) is 9.81. The van der Waals surface area contributed by atoms with Gasteiger partial charge in [0.25, 0.3) is 0 Å². The molecule has 0 radical (unpaired) electrons. The third-order valence-electron chi connectivity index (χ3n) is 3.89. The van der Waals surface area contributed by atoms with Gasteiger partial charge in [-0.15, -0.1) is 0 Å². The Morgan fingerprint density at radius 1 is 0.950 bits per heavy atom. The maximum Gasteiger partial charge on any atom is 0.123 e. The van der Waals surface area contributed by atoms with Crippen LogP contribution in [0.4, 0.5) is 4.39 Å². The summed E-state index contributed by atoms with van der Waals surface area (Å²) in [6.07, 6.45) is 2.46. The molecule has 0 unspecified atom stereocenters. The number of hydrogen-bond donors (Lipinski definition) is 0. The molecule has 0 aliphatic heterocycles. The molecule has 4 rings (SSSR count). The van der Waals surface area contributed by atoms with Gasteiger partial charge in [-0.05, 0) is 48.2 Å². The first-order valence-electron chi connectivity index (χ1n) is 6.97. The maximum absolute atomic E-state index is 13.1. The minimum atomic E-state index is -0.200. The van der Waals surface area contributed by atoms with Crippen LogP contribution in [0.5, 0.6) is 0 Å². The molecule has 20 heavy (non-hydrogen) atoms. The summed E-state index contributed by atoms with van der Waals surface area (Å²) in [5.41, 5.74) is 4.39. The minimum absolute atomic E-state index is 0.200. The molecule has 3 aromatic rings. The Bertz CT molecular complexity index is 773. The summed E-state index contributed by atoms with van der Waals surface area (Å²) in [6.45, 7) is 0. The molecule has 0 bridgehead atoms. The van der Waals surface area contributed by atoms with Crippen LogP contribution in [0.25, 0.3) is 22.0 Å². The highest BCUT2D eigenvalue weighted by Crippen LogP contribution is 2.41. The Morgan fingerprint density at radius 2 is 1.70 bits per heavy atom. The molecule has 1 aliphatic rings. The minimum Gasteiger partial charge on any atom is -0.253 e. The molecule has 2 heteroatoms. The van der Waals surface area contributed by atoms with E-state index in [0.29, 0.717) is 5.92 Å². The lowest BCUT2D eigenvalue weighted by Crippen LogP contribution is -1.91. The van der Waals surface area contributed by atoms with Crippen molar-refractivity contribution >= 4 is 10.9 Å². The SMILES string of the molecule is Fc1ccc(-c2cc(C3CC3)nc3ccccc23)cc1. The average molecular weight is 263 g/mol. The van der Waals surface area contributed by atoms with E-state index in [1.807, 2.05) is 30.3 Å². The third kappa shape index (κ3) is 1.97. The summed E-state index contributed by atoms with van der Waals surface area (Å²) >= 11 is 0. The van der Waals surface area contributed by atoms with Crippen LogP contribution >= 0.6 is 0 Å². The van der Waals surface area contributed by atoms with E-state index < -0.39 is 0 Å². The topological polar surface area (TPSA) is 12.9 Å². The lowest BCUT2D eigenvalue weighted by Gasteiger charge is -2.09. The van der Waals surface area contributed by atoms with Gasteiger partial charge < -0.3 is 0 Å². The maximum atomic E-state index is 13.1. The summed E-state index contributed by atoms with van der Waals surface area (Å²) in [5.74, 6) is 0.410. The summed E-state index contributed by atoms with van der Waals surface area (Å²) in [5, 5.41) is 1.13. The molecule has 0 amide bonds. The lowest BCUT2D eigenvalue weighted by molar-refractivity contribution is 0.628. The zero-order chi connectivity index (χ0) is 13.5. The van der Waals surface area contributed by atoms with Crippen LogP contribution in [-0.4, -0.2) is 4.98 Å². The van der Waals surface area contributed by atoms with Crippen LogP contribution in [0.3, 0.4) is 0 Å². The van der Waals surface area contributed by atoms with E-state index in [1.54, 1.807) is 0 Å². The van der Waals surface area contributed by atoms with Crippen molar-refractivity contribution in [2.24, 2.45) is 0 Å². The van der Waals surface area contributed by atoms with E-state index in [0.717, 1.165) is 22.0 Å². The fraction of sp³-hybridized carbons (Fsp3) is 0.167. The highest BCUT2D eigenvalue weighted by atomic mass is 19.1. The Kier molecular flexibility index (Phi) is 2.56. The monoisotopic (exact) mass is 263 g/mol. The normalized spacial score (nSPS) is 14.7. The van der Waals surface area contributed by atoms with Crippen molar-refractivity contribution in [1.29, 1.82) is 0 Å². The van der Waals surface area contributed by atoms with Crippen molar-refractivity contribution in [2.45, 2.75) is 18.8 Å². The first-order valence-corrected chi connectivity index (χ1v) is 6.97. The van der Waals surface area contributed by atoms with Crippen LogP contribution in [0.15, 0.2) is 54.6 Å². The number of rotatable bonds is 2. The van der Waals surface area contributed by atoms with E-state index in [1.165, 1.54) is 30.7 Å². The molecule has 0 spiro atoms. The Balaban J connectivity index is 1.98. The van der Waals surface area contributed by atoms with Crippen molar-refractivity contribution in [3.63, 3.8) is 0 Å². The molecule has 0 saturated heterocycles. The van der Waals surface area contributed by atoms with Gasteiger partial charge in [-0.2, -0.15) is 0 Å². The molecular weight excluding hydrogens is 249 g/mol. The predicted molar refractivity (Wildman–Crippen MR) is 79.1 cm³/mol. The van der Waals surface area contributed by atoms with Crippen LogP contribution in [-0.2, 0) is 0 Å². The molecule has 2 aromatic carbocycles. The standard InChI is InChI=1S/C18H14FN/c19-14-9-7-12(8-10-14)16-11-18(13-5-6-13)20-17-4-2-1-3-15(16)17/h1-4,7-11,13H,5-6H2. The van der Waals surface area contributed by atoms with Crippen LogP contribution < -0.4 is 0 Å². The first kappa shape index (κ1) is 11.6. The van der Waals surface area contributed by atoms with E-state index >= 15 is 0 Å². The number of aromatic nitrogens is 1. The summed E-state index contributed by atoms with van der Waals surface area (Å²) in [7, 11) is 0. The van der Waals surface area contributed by atoms with E-state index in [9.17, 15) is 4.39 Å². The quantitative estimate of drug-likeness (QED) is 0.639. The third-order valence-corrected chi connectivity index (χ3v) is 3.89. The number of hydrogen-bond acceptors (Lipinski definition) is 1. The van der Waals surface area contributed by atoms with E-state index in [4.69, 9.17) is 4.98 Å². The lowest BCUT2D eigenvalue weighted by atomic mass is 9.99. The van der Waals surface area contributed by atoms with Gasteiger partial charge in [-0.25, -0.2) is 4.39 Å². The zero-order valence-electron chi connectivity index (χ0n) is 11.0. The second-order valence-corrected chi connectivity index (χ2v) is 5.39. The summed E-state index contributed by atoms with van der Waals surface area (Å²) in [6, 6.07) is 17.1. The van der Waals surface area contributed by atoms with Crippen molar-refractivity contribution < 1.29 is 4.39 Å². The summed E-state index contributed by atoms with van der Waals surface area (Å²) < 4.78 is 13.1. The van der Waals surface area contributed by atoms with Gasteiger partial charge in [0.2, 0.25) is 0 Å². The number of nitrogens with zero attached hydrogens (tertiary/aromatic N) is 1. The average Bonchev–Trinajstić information content (AvgIpc) is 3.32. The highest BCUT2D eigenvalue weighted by molar-refractivity contribution is 5.94. The van der Waals surface area contributed by atoms with E-state index in [-0.39, 0.29) is 5.82 Å². The number of fused-ring (bicyclic) bond motifs is 1. The van der Waals surface area contributed by atoms with E-state index in [2.05, 4.69) is 12.1 Å². The number of halogens is 1. The number of pyridine rings is 1. The van der Waals surface area contributed by atoms with Gasteiger partial charge >= 0.3 is 0 Å². The number of benzene rings is 2. The van der Waals surface area contributed by atoms with Gasteiger partial charge in [0.1, 0.15) is 5.82 Å². The second kappa shape index (κ2) is 4.41. The Hall–Kier alpha value is -2.22. The molecule has 1 heterocycles.